The molecule has 3 aromatic rings. The second-order valence-corrected chi connectivity index (χ2v) is 9.19. The van der Waals surface area contributed by atoms with Crippen LogP contribution in [0.1, 0.15) is 27.0 Å². The highest BCUT2D eigenvalue weighted by molar-refractivity contribution is 9.10. The molecule has 0 unspecified atom stereocenters. The second-order valence-electron chi connectivity index (χ2n) is 7.86. The van der Waals surface area contributed by atoms with Crippen molar-refractivity contribution in [1.29, 1.82) is 0 Å². The zero-order valence-corrected chi connectivity index (χ0v) is 21.1. The van der Waals surface area contributed by atoms with E-state index in [4.69, 9.17) is 21.4 Å². The first kappa shape index (κ1) is 25.2. The van der Waals surface area contributed by atoms with Gasteiger partial charge in [-0.2, -0.15) is 0 Å². The van der Waals surface area contributed by atoms with Crippen molar-refractivity contribution < 1.29 is 29.0 Å². The maximum atomic E-state index is 13.2. The molecule has 0 spiro atoms. The Morgan fingerprint density at radius 2 is 1.81 bits per heavy atom. The lowest BCUT2D eigenvalue weighted by atomic mass is 10.1. The number of imide groups is 2. The summed E-state index contributed by atoms with van der Waals surface area (Å²) in [6.45, 7) is 1.90. The van der Waals surface area contributed by atoms with Crippen LogP contribution in [0.25, 0.3) is 6.08 Å². The quantitative estimate of drug-likeness (QED) is 0.305. The Kier molecular flexibility index (Phi) is 7.23. The SMILES string of the molecule is Cc1ccc(N2C(=O)NC(=O)/C(=C/c3cc(Br)ccc3OCc3ccc(C(=O)O)cc3)C2=O)cc1Cl. The highest BCUT2D eigenvalue weighted by Gasteiger charge is 2.37. The molecular weight excluding hydrogens is 552 g/mol. The first-order chi connectivity index (χ1) is 17.1. The number of barbiturate groups is 1. The van der Waals surface area contributed by atoms with E-state index in [1.807, 2.05) is 0 Å². The second kappa shape index (κ2) is 10.3. The first-order valence-corrected chi connectivity index (χ1v) is 11.7. The topological polar surface area (TPSA) is 113 Å². The van der Waals surface area contributed by atoms with Gasteiger partial charge in [-0.3, -0.25) is 14.9 Å². The number of benzene rings is 3. The standard InChI is InChI=1S/C26H18BrClN2O6/c1-14-2-8-19(12-21(14)28)30-24(32)20(23(31)29-26(30)35)11-17-10-18(27)7-9-22(17)36-13-15-3-5-16(6-4-15)25(33)34/h2-12H,13H2,1H3,(H,33,34)(H,29,31,35)/b20-11-. The van der Waals surface area contributed by atoms with Crippen LogP contribution in [-0.4, -0.2) is 28.9 Å². The van der Waals surface area contributed by atoms with E-state index in [2.05, 4.69) is 21.2 Å². The van der Waals surface area contributed by atoms with Crippen molar-refractivity contribution in [1.82, 2.24) is 5.32 Å². The summed E-state index contributed by atoms with van der Waals surface area (Å²) in [5.74, 6) is -2.30. The lowest BCUT2D eigenvalue weighted by molar-refractivity contribution is -0.122. The first-order valence-electron chi connectivity index (χ1n) is 10.6. The van der Waals surface area contributed by atoms with Gasteiger partial charge in [-0.1, -0.05) is 45.7 Å². The van der Waals surface area contributed by atoms with Gasteiger partial charge in [-0.05, 0) is 66.6 Å². The Labute approximate surface area is 219 Å². The van der Waals surface area contributed by atoms with E-state index in [1.165, 1.54) is 24.3 Å². The molecule has 0 bridgehead atoms. The number of hydrogen-bond acceptors (Lipinski definition) is 5. The van der Waals surface area contributed by atoms with Crippen LogP contribution < -0.4 is 15.0 Å². The van der Waals surface area contributed by atoms with Crippen LogP contribution in [0.2, 0.25) is 5.02 Å². The minimum Gasteiger partial charge on any atom is -0.488 e. The number of nitrogens with zero attached hydrogens (tertiary/aromatic N) is 1. The summed E-state index contributed by atoms with van der Waals surface area (Å²) < 4.78 is 6.57. The molecule has 0 radical (unpaired) electrons. The minimum atomic E-state index is -1.03. The molecule has 2 N–H and O–H groups in total. The number of nitrogens with one attached hydrogen (secondary N) is 1. The minimum absolute atomic E-state index is 0.115. The monoisotopic (exact) mass is 568 g/mol. The van der Waals surface area contributed by atoms with Crippen molar-refractivity contribution in [3.05, 3.63) is 98.0 Å². The van der Waals surface area contributed by atoms with Crippen molar-refractivity contribution in [3.63, 3.8) is 0 Å². The van der Waals surface area contributed by atoms with Crippen LogP contribution in [0.5, 0.6) is 5.75 Å². The number of aromatic carboxylic acids is 1. The van der Waals surface area contributed by atoms with Crippen molar-refractivity contribution >= 4 is 63.1 Å². The van der Waals surface area contributed by atoms with E-state index in [1.54, 1.807) is 49.4 Å². The molecule has 1 aliphatic heterocycles. The van der Waals surface area contributed by atoms with Gasteiger partial charge in [0.15, 0.2) is 0 Å². The number of urea groups is 1. The normalized spacial score (nSPS) is 14.7. The number of carboxylic acids is 1. The summed E-state index contributed by atoms with van der Waals surface area (Å²) in [4.78, 5) is 50.2. The molecule has 0 aromatic heterocycles. The van der Waals surface area contributed by atoms with E-state index in [9.17, 15) is 19.2 Å². The molecule has 0 saturated carbocycles. The molecule has 3 aromatic carbocycles. The van der Waals surface area contributed by atoms with Gasteiger partial charge in [0.05, 0.1) is 11.3 Å². The third-order valence-electron chi connectivity index (χ3n) is 5.38. The summed E-state index contributed by atoms with van der Waals surface area (Å²) in [6, 6.07) is 15.1. The summed E-state index contributed by atoms with van der Waals surface area (Å²) in [5, 5.41) is 11.6. The molecule has 10 heteroatoms. The molecule has 182 valence electrons. The Hall–Kier alpha value is -3.95. The number of ether oxygens (including phenoxy) is 1. The van der Waals surface area contributed by atoms with Crippen molar-refractivity contribution in [2.75, 3.05) is 4.90 Å². The van der Waals surface area contributed by atoms with Crippen LogP contribution in [0.4, 0.5) is 10.5 Å². The third kappa shape index (κ3) is 5.32. The maximum absolute atomic E-state index is 13.2. The predicted octanol–water partition coefficient (Wildman–Crippen LogP) is 5.35. The number of aryl methyl sites for hydroxylation is 1. The third-order valence-corrected chi connectivity index (χ3v) is 6.28. The average Bonchev–Trinajstić information content (AvgIpc) is 2.83. The van der Waals surface area contributed by atoms with E-state index in [0.29, 0.717) is 20.8 Å². The van der Waals surface area contributed by atoms with Gasteiger partial charge in [-0.25, -0.2) is 14.5 Å². The highest BCUT2D eigenvalue weighted by Crippen LogP contribution is 2.30. The predicted molar refractivity (Wildman–Crippen MR) is 137 cm³/mol. The summed E-state index contributed by atoms with van der Waals surface area (Å²) in [7, 11) is 0. The van der Waals surface area contributed by atoms with Crippen molar-refractivity contribution in [3.8, 4) is 5.75 Å². The van der Waals surface area contributed by atoms with Crippen molar-refractivity contribution in [2.45, 2.75) is 13.5 Å². The summed E-state index contributed by atoms with van der Waals surface area (Å²) in [5.41, 5.74) is 2.03. The van der Waals surface area contributed by atoms with Gasteiger partial charge in [0, 0.05) is 15.1 Å². The number of carbonyl (C=O) groups is 4. The van der Waals surface area contributed by atoms with E-state index >= 15 is 0 Å². The van der Waals surface area contributed by atoms with Gasteiger partial charge in [-0.15, -0.1) is 0 Å². The smallest absolute Gasteiger partial charge is 0.335 e. The Bertz CT molecular complexity index is 1430. The van der Waals surface area contributed by atoms with Gasteiger partial charge in [0.1, 0.15) is 17.9 Å². The molecule has 1 heterocycles. The van der Waals surface area contributed by atoms with Crippen LogP contribution in [-0.2, 0) is 16.2 Å². The zero-order chi connectivity index (χ0) is 26.0. The van der Waals surface area contributed by atoms with Gasteiger partial charge in [0.2, 0.25) is 0 Å². The number of hydrogen-bond donors (Lipinski definition) is 2. The Morgan fingerprint density at radius 1 is 1.08 bits per heavy atom. The van der Waals surface area contributed by atoms with Crippen molar-refractivity contribution in [2.24, 2.45) is 0 Å². The Balaban J connectivity index is 1.64. The van der Waals surface area contributed by atoms with Crippen LogP contribution in [0.3, 0.4) is 0 Å². The fourth-order valence-corrected chi connectivity index (χ4v) is 3.99. The van der Waals surface area contributed by atoms with E-state index in [0.717, 1.165) is 16.0 Å². The average molecular weight is 570 g/mol. The highest BCUT2D eigenvalue weighted by atomic mass is 79.9. The molecule has 0 aliphatic carbocycles. The zero-order valence-electron chi connectivity index (χ0n) is 18.7. The molecule has 1 saturated heterocycles. The lowest BCUT2D eigenvalue weighted by Crippen LogP contribution is -2.54. The van der Waals surface area contributed by atoms with Gasteiger partial charge >= 0.3 is 12.0 Å². The molecular formula is C26H18BrClN2O6. The number of rotatable bonds is 6. The molecule has 36 heavy (non-hydrogen) atoms. The molecule has 8 nitrogen and oxygen atoms in total. The molecule has 1 aliphatic rings. The number of anilines is 1. The maximum Gasteiger partial charge on any atom is 0.335 e. The number of carbonyl (C=O) groups excluding carboxylic acids is 3. The van der Waals surface area contributed by atoms with E-state index in [-0.39, 0.29) is 23.4 Å². The fourth-order valence-electron chi connectivity index (χ4n) is 3.44. The number of halogens is 2. The number of amides is 4. The molecule has 4 rings (SSSR count). The molecule has 1 fully saturated rings. The van der Waals surface area contributed by atoms with Crippen LogP contribution in [0.15, 0.2) is 70.7 Å². The summed E-state index contributed by atoms with van der Waals surface area (Å²) >= 11 is 9.55. The fraction of sp³-hybridized carbons (Fsp3) is 0.0769. The lowest BCUT2D eigenvalue weighted by Gasteiger charge is -2.26. The van der Waals surface area contributed by atoms with E-state index < -0.39 is 23.8 Å². The van der Waals surface area contributed by atoms with Crippen LogP contribution in [0, 0.1) is 6.92 Å². The van der Waals surface area contributed by atoms with Gasteiger partial charge < -0.3 is 9.84 Å². The number of carboxylic acid groups (broad SMARTS) is 1. The van der Waals surface area contributed by atoms with Gasteiger partial charge in [0.25, 0.3) is 11.8 Å². The van der Waals surface area contributed by atoms with Crippen LogP contribution >= 0.6 is 27.5 Å². The molecule has 4 amide bonds. The summed E-state index contributed by atoms with van der Waals surface area (Å²) in [6.07, 6.45) is 1.35. The Morgan fingerprint density at radius 3 is 2.47 bits per heavy atom. The molecule has 0 atom stereocenters. The largest absolute Gasteiger partial charge is 0.488 e.